The molecule has 0 saturated carbocycles. The molecule has 0 aromatic heterocycles. The summed E-state index contributed by atoms with van der Waals surface area (Å²) in [5, 5.41) is 0. The molecular formula is C25H21F5O3. The molecule has 33 heavy (non-hydrogen) atoms. The van der Waals surface area contributed by atoms with Crippen molar-refractivity contribution in [1.29, 1.82) is 0 Å². The van der Waals surface area contributed by atoms with Gasteiger partial charge in [0.25, 0.3) is 0 Å². The summed E-state index contributed by atoms with van der Waals surface area (Å²) in [4.78, 5) is 0. The molecule has 1 aliphatic rings. The Bertz CT molecular complexity index is 1080. The van der Waals surface area contributed by atoms with Gasteiger partial charge >= 0.3 is 0 Å². The highest BCUT2D eigenvalue weighted by Crippen LogP contribution is 2.32. The summed E-state index contributed by atoms with van der Waals surface area (Å²) in [7, 11) is 0. The number of hydrogen-bond donors (Lipinski definition) is 0. The number of benzene rings is 3. The highest BCUT2D eigenvalue weighted by molar-refractivity contribution is 5.65. The van der Waals surface area contributed by atoms with E-state index in [4.69, 9.17) is 14.2 Å². The van der Waals surface area contributed by atoms with Crippen molar-refractivity contribution < 1.29 is 36.2 Å². The van der Waals surface area contributed by atoms with Crippen molar-refractivity contribution in [1.82, 2.24) is 0 Å². The van der Waals surface area contributed by atoms with Crippen LogP contribution in [0.2, 0.25) is 0 Å². The molecule has 0 N–H and O–H groups in total. The topological polar surface area (TPSA) is 27.7 Å². The first kappa shape index (κ1) is 23.2. The van der Waals surface area contributed by atoms with Crippen molar-refractivity contribution in [2.45, 2.75) is 26.2 Å². The highest BCUT2D eigenvalue weighted by atomic mass is 19.2. The van der Waals surface area contributed by atoms with Crippen LogP contribution < -0.4 is 4.74 Å². The molecule has 1 heterocycles. The molecule has 1 fully saturated rings. The second kappa shape index (κ2) is 9.89. The Morgan fingerprint density at radius 1 is 0.788 bits per heavy atom. The second-order valence-electron chi connectivity index (χ2n) is 7.83. The third kappa shape index (κ3) is 5.17. The van der Waals surface area contributed by atoms with Crippen LogP contribution in [0.5, 0.6) is 5.75 Å². The van der Waals surface area contributed by atoms with Gasteiger partial charge in [-0.25, -0.2) is 22.0 Å². The lowest BCUT2D eigenvalue weighted by Crippen LogP contribution is -2.26. The maximum atomic E-state index is 14.5. The van der Waals surface area contributed by atoms with Crippen LogP contribution in [0.3, 0.4) is 0 Å². The van der Waals surface area contributed by atoms with Gasteiger partial charge in [-0.3, -0.25) is 0 Å². The Morgan fingerprint density at radius 2 is 1.36 bits per heavy atom. The Balaban J connectivity index is 1.47. The molecule has 3 aromatic rings. The molecule has 3 aromatic carbocycles. The van der Waals surface area contributed by atoms with Gasteiger partial charge in [-0.05, 0) is 47.4 Å². The summed E-state index contributed by atoms with van der Waals surface area (Å²) in [5.41, 5.74) is 1.53. The van der Waals surface area contributed by atoms with Crippen molar-refractivity contribution in [3.8, 4) is 16.9 Å². The quantitative estimate of drug-likeness (QED) is 0.300. The Labute approximate surface area is 187 Å². The fourth-order valence-corrected chi connectivity index (χ4v) is 3.52. The van der Waals surface area contributed by atoms with Gasteiger partial charge in [-0.15, -0.1) is 0 Å². The van der Waals surface area contributed by atoms with Gasteiger partial charge < -0.3 is 14.2 Å². The smallest absolute Gasteiger partial charge is 0.194 e. The molecule has 0 aliphatic carbocycles. The van der Waals surface area contributed by atoms with Crippen molar-refractivity contribution in [3.63, 3.8) is 0 Å². The molecule has 0 bridgehead atoms. The summed E-state index contributed by atoms with van der Waals surface area (Å²) < 4.78 is 85.3. The zero-order valence-electron chi connectivity index (χ0n) is 17.7. The van der Waals surface area contributed by atoms with E-state index in [1.165, 1.54) is 0 Å². The second-order valence-corrected chi connectivity index (χ2v) is 7.83. The Hall–Kier alpha value is -2.97. The molecule has 0 amide bonds. The molecular weight excluding hydrogens is 443 g/mol. The lowest BCUT2D eigenvalue weighted by molar-refractivity contribution is -0.205. The third-order valence-electron chi connectivity index (χ3n) is 5.49. The molecule has 8 heteroatoms. The van der Waals surface area contributed by atoms with Crippen molar-refractivity contribution in [2.24, 2.45) is 5.92 Å². The highest BCUT2D eigenvalue weighted by Gasteiger charge is 2.22. The number of rotatable bonds is 6. The van der Waals surface area contributed by atoms with Gasteiger partial charge in [-0.1, -0.05) is 31.2 Å². The van der Waals surface area contributed by atoms with E-state index in [2.05, 4.69) is 6.92 Å². The first-order valence-corrected chi connectivity index (χ1v) is 10.4. The predicted octanol–water partition coefficient (Wildman–Crippen LogP) is 6.70. The van der Waals surface area contributed by atoms with Crippen LogP contribution >= 0.6 is 0 Å². The van der Waals surface area contributed by atoms with E-state index in [-0.39, 0.29) is 11.1 Å². The summed E-state index contributed by atoms with van der Waals surface area (Å²) in [6.45, 7) is 2.75. The number of ether oxygens (including phenoxy) is 3. The lowest BCUT2D eigenvalue weighted by Gasteiger charge is -2.29. The van der Waals surface area contributed by atoms with Crippen LogP contribution in [0, 0.1) is 35.0 Å². The van der Waals surface area contributed by atoms with E-state index in [9.17, 15) is 22.0 Å². The molecule has 0 atom stereocenters. The van der Waals surface area contributed by atoms with E-state index in [0.29, 0.717) is 36.8 Å². The lowest BCUT2D eigenvalue weighted by atomic mass is 10.0. The summed E-state index contributed by atoms with van der Waals surface area (Å²) >= 11 is 0. The molecule has 0 spiro atoms. The van der Waals surface area contributed by atoms with Gasteiger partial charge in [0.1, 0.15) is 6.61 Å². The predicted molar refractivity (Wildman–Crippen MR) is 111 cm³/mol. The summed E-state index contributed by atoms with van der Waals surface area (Å²) in [5.74, 6) is -6.75. The molecule has 1 aliphatic heterocycles. The van der Waals surface area contributed by atoms with Crippen LogP contribution in [0.25, 0.3) is 11.1 Å². The van der Waals surface area contributed by atoms with Crippen LogP contribution in [0.4, 0.5) is 22.0 Å². The van der Waals surface area contributed by atoms with Crippen LogP contribution in [-0.2, 0) is 16.1 Å². The molecule has 4 rings (SSSR count). The van der Waals surface area contributed by atoms with Crippen LogP contribution in [-0.4, -0.2) is 13.2 Å². The van der Waals surface area contributed by atoms with Crippen LogP contribution in [0.15, 0.2) is 48.5 Å². The average molecular weight is 464 g/mol. The minimum absolute atomic E-state index is 0.109. The molecule has 0 radical (unpaired) electrons. The van der Waals surface area contributed by atoms with E-state index in [0.717, 1.165) is 24.1 Å². The van der Waals surface area contributed by atoms with Crippen molar-refractivity contribution in [2.75, 3.05) is 13.2 Å². The molecule has 0 unspecified atom stereocenters. The monoisotopic (exact) mass is 464 g/mol. The molecule has 3 nitrogen and oxygen atoms in total. The summed E-state index contributed by atoms with van der Waals surface area (Å²) in [6, 6.07) is 10.5. The third-order valence-corrected chi connectivity index (χ3v) is 5.49. The zero-order valence-corrected chi connectivity index (χ0v) is 17.7. The van der Waals surface area contributed by atoms with Crippen LogP contribution in [0.1, 0.15) is 30.8 Å². The van der Waals surface area contributed by atoms with Gasteiger partial charge in [-0.2, -0.15) is 0 Å². The van der Waals surface area contributed by atoms with Gasteiger partial charge in [0.2, 0.25) is 0 Å². The fraction of sp³-hybridized carbons (Fsp3) is 0.280. The molecule has 1 saturated heterocycles. The van der Waals surface area contributed by atoms with E-state index in [1.807, 2.05) is 0 Å². The van der Waals surface area contributed by atoms with E-state index < -0.39 is 47.7 Å². The maximum Gasteiger partial charge on any atom is 0.194 e. The van der Waals surface area contributed by atoms with Gasteiger partial charge in [0.05, 0.1) is 13.2 Å². The van der Waals surface area contributed by atoms with Gasteiger partial charge in [0.15, 0.2) is 41.1 Å². The zero-order chi connectivity index (χ0) is 23.5. The first-order valence-electron chi connectivity index (χ1n) is 10.4. The number of halogens is 5. The Morgan fingerprint density at radius 3 is 1.91 bits per heavy atom. The number of hydrogen-bond acceptors (Lipinski definition) is 3. The largest absolute Gasteiger partial charge is 0.483 e. The molecule has 174 valence electrons. The normalized spacial score (nSPS) is 18.4. The van der Waals surface area contributed by atoms with Crippen molar-refractivity contribution in [3.05, 3.63) is 88.7 Å². The average Bonchev–Trinajstić information content (AvgIpc) is 2.82. The minimum atomic E-state index is -1.63. The maximum absolute atomic E-state index is 14.5. The Kier molecular flexibility index (Phi) is 6.95. The standard InChI is InChI=1S/C25H21F5O3/c1-2-14-11-32-25(33-12-14)17-5-3-16(4-6-17)18-9-21(28)24(22(29)10-18)31-13-15-7-19(26)23(30)20(27)8-15/h3-10,14,25H,2,11-13H2,1H3. The minimum Gasteiger partial charge on any atom is -0.483 e. The van der Waals surface area contributed by atoms with E-state index in [1.54, 1.807) is 24.3 Å². The van der Waals surface area contributed by atoms with E-state index >= 15 is 0 Å². The fourth-order valence-electron chi connectivity index (χ4n) is 3.52. The summed E-state index contributed by atoms with van der Waals surface area (Å²) in [6.07, 6.45) is 0.493. The van der Waals surface area contributed by atoms with Gasteiger partial charge in [0, 0.05) is 11.5 Å². The van der Waals surface area contributed by atoms with Crippen molar-refractivity contribution >= 4 is 0 Å². The first-order chi connectivity index (χ1) is 15.9. The SMILES string of the molecule is CCC1COC(c2ccc(-c3cc(F)c(OCc4cc(F)c(F)c(F)c4)c(F)c3)cc2)OC1.